The molecule has 2 N–H and O–H groups in total. The molecular weight excluding hydrogens is 310 g/mol. The van der Waals surface area contributed by atoms with Gasteiger partial charge in [-0.1, -0.05) is 0 Å². The maximum atomic E-state index is 12.2. The van der Waals surface area contributed by atoms with Crippen molar-refractivity contribution >= 4 is 22.8 Å². The van der Waals surface area contributed by atoms with E-state index in [1.807, 2.05) is 35.4 Å². The number of hydrogen-bond acceptors (Lipinski definition) is 7. The lowest BCUT2D eigenvalue weighted by Crippen LogP contribution is -2.55. The number of nitriles is 1. The van der Waals surface area contributed by atoms with Gasteiger partial charge in [0.1, 0.15) is 18.0 Å². The first-order valence-electron chi connectivity index (χ1n) is 7.68. The van der Waals surface area contributed by atoms with Crippen molar-refractivity contribution in [3.05, 3.63) is 18.6 Å². The van der Waals surface area contributed by atoms with Gasteiger partial charge in [-0.2, -0.15) is 5.26 Å². The van der Waals surface area contributed by atoms with Crippen LogP contribution in [0.4, 0.5) is 5.82 Å². The maximum absolute atomic E-state index is 12.2. The highest BCUT2D eigenvalue weighted by Crippen LogP contribution is 2.23. The number of rotatable bonds is 4. The molecule has 2 aromatic heterocycles. The molecule has 2 unspecified atom stereocenters. The minimum absolute atomic E-state index is 0.281. The second-order valence-corrected chi connectivity index (χ2v) is 5.59. The van der Waals surface area contributed by atoms with E-state index in [-0.39, 0.29) is 5.91 Å². The number of hydrogen-bond donors (Lipinski definition) is 2. The van der Waals surface area contributed by atoms with Crippen molar-refractivity contribution in [3.63, 3.8) is 0 Å². The van der Waals surface area contributed by atoms with Crippen LogP contribution in [0.2, 0.25) is 0 Å². The topological polar surface area (TPSA) is 110 Å². The van der Waals surface area contributed by atoms with Crippen molar-refractivity contribution in [2.75, 3.05) is 31.8 Å². The standard InChI is InChI=1S/C15H19N7O2/c1-10(7-16)20-15(23)12-8-22(5-6-24-12)21(2)14-11-3-4-17-13(11)18-9-19-14/h3-4,9-10,12H,5-6,8H2,1-2H3,(H,20,23)(H,17,18,19). The molecule has 0 aliphatic carbocycles. The highest BCUT2D eigenvalue weighted by Gasteiger charge is 2.30. The van der Waals surface area contributed by atoms with Gasteiger partial charge in [0.05, 0.1) is 24.6 Å². The summed E-state index contributed by atoms with van der Waals surface area (Å²) in [7, 11) is 1.90. The fraction of sp³-hybridized carbons (Fsp3) is 0.467. The number of carbonyl (C=O) groups is 1. The van der Waals surface area contributed by atoms with Gasteiger partial charge in [-0.05, 0) is 13.0 Å². The molecule has 1 fully saturated rings. The highest BCUT2D eigenvalue weighted by atomic mass is 16.5. The Morgan fingerprint density at radius 3 is 3.25 bits per heavy atom. The molecule has 126 valence electrons. The number of morpholine rings is 1. The largest absolute Gasteiger partial charge is 0.366 e. The Balaban J connectivity index is 1.74. The van der Waals surface area contributed by atoms with Gasteiger partial charge in [0.25, 0.3) is 5.91 Å². The summed E-state index contributed by atoms with van der Waals surface area (Å²) in [6.07, 6.45) is 2.69. The van der Waals surface area contributed by atoms with Gasteiger partial charge in [0, 0.05) is 19.8 Å². The van der Waals surface area contributed by atoms with Crippen molar-refractivity contribution in [2.24, 2.45) is 0 Å². The van der Waals surface area contributed by atoms with Crippen LogP contribution in [0.25, 0.3) is 11.0 Å². The van der Waals surface area contributed by atoms with E-state index in [1.165, 1.54) is 6.33 Å². The molecule has 3 rings (SSSR count). The molecule has 1 saturated heterocycles. The minimum Gasteiger partial charge on any atom is -0.366 e. The van der Waals surface area contributed by atoms with E-state index < -0.39 is 12.1 Å². The first-order chi connectivity index (χ1) is 11.6. The lowest BCUT2D eigenvalue weighted by molar-refractivity contribution is -0.139. The number of fused-ring (bicyclic) bond motifs is 1. The van der Waals surface area contributed by atoms with Crippen molar-refractivity contribution in [1.82, 2.24) is 25.3 Å². The van der Waals surface area contributed by atoms with E-state index in [0.29, 0.717) is 19.7 Å². The van der Waals surface area contributed by atoms with Gasteiger partial charge in [0.15, 0.2) is 11.9 Å². The van der Waals surface area contributed by atoms with Gasteiger partial charge in [-0.15, -0.1) is 0 Å². The molecule has 3 heterocycles. The zero-order chi connectivity index (χ0) is 17.1. The summed E-state index contributed by atoms with van der Waals surface area (Å²) in [6, 6.07) is 3.35. The zero-order valence-corrected chi connectivity index (χ0v) is 13.6. The zero-order valence-electron chi connectivity index (χ0n) is 13.6. The molecule has 9 heteroatoms. The molecule has 1 aliphatic heterocycles. The summed E-state index contributed by atoms with van der Waals surface area (Å²) >= 11 is 0. The van der Waals surface area contributed by atoms with Crippen molar-refractivity contribution in [1.29, 1.82) is 5.26 Å². The van der Waals surface area contributed by atoms with Crippen LogP contribution in [0.15, 0.2) is 18.6 Å². The Morgan fingerprint density at radius 2 is 2.46 bits per heavy atom. The highest BCUT2D eigenvalue weighted by molar-refractivity contribution is 5.87. The third-order valence-corrected chi connectivity index (χ3v) is 3.95. The average molecular weight is 329 g/mol. The van der Waals surface area contributed by atoms with E-state index >= 15 is 0 Å². The predicted octanol–water partition coefficient (Wildman–Crippen LogP) is 0.0382. The van der Waals surface area contributed by atoms with E-state index in [0.717, 1.165) is 16.9 Å². The van der Waals surface area contributed by atoms with Crippen LogP contribution >= 0.6 is 0 Å². The second kappa shape index (κ2) is 6.82. The van der Waals surface area contributed by atoms with Crippen LogP contribution in [-0.4, -0.2) is 64.8 Å². The number of aromatic nitrogens is 3. The molecule has 2 atom stereocenters. The molecule has 0 radical (unpaired) electrons. The van der Waals surface area contributed by atoms with Crippen molar-refractivity contribution < 1.29 is 9.53 Å². The maximum Gasteiger partial charge on any atom is 0.251 e. The molecule has 2 aromatic rings. The number of H-pyrrole nitrogens is 1. The number of carbonyl (C=O) groups excluding carboxylic acids is 1. The number of hydrazine groups is 1. The van der Waals surface area contributed by atoms with Crippen molar-refractivity contribution in [3.8, 4) is 6.07 Å². The number of anilines is 1. The monoisotopic (exact) mass is 329 g/mol. The molecular formula is C15H19N7O2. The molecule has 0 spiro atoms. The summed E-state index contributed by atoms with van der Waals surface area (Å²) in [5.41, 5.74) is 0.761. The fourth-order valence-corrected chi connectivity index (χ4v) is 2.66. The van der Waals surface area contributed by atoms with Crippen LogP contribution in [0.1, 0.15) is 6.92 Å². The van der Waals surface area contributed by atoms with E-state index in [1.54, 1.807) is 6.92 Å². The molecule has 1 aliphatic rings. The number of ether oxygens (including phenoxy) is 1. The smallest absolute Gasteiger partial charge is 0.251 e. The lowest BCUT2D eigenvalue weighted by atomic mass is 10.2. The predicted molar refractivity (Wildman–Crippen MR) is 86.8 cm³/mol. The molecule has 0 aromatic carbocycles. The third-order valence-electron chi connectivity index (χ3n) is 3.95. The number of amides is 1. The van der Waals surface area contributed by atoms with Crippen LogP contribution in [0.3, 0.4) is 0 Å². The molecule has 0 saturated carbocycles. The molecule has 24 heavy (non-hydrogen) atoms. The van der Waals surface area contributed by atoms with Crippen LogP contribution in [0, 0.1) is 11.3 Å². The molecule has 9 nitrogen and oxygen atoms in total. The van der Waals surface area contributed by atoms with Crippen LogP contribution in [0.5, 0.6) is 0 Å². The van der Waals surface area contributed by atoms with Crippen LogP contribution in [-0.2, 0) is 9.53 Å². The van der Waals surface area contributed by atoms with Gasteiger partial charge in [0.2, 0.25) is 0 Å². The normalized spacial score (nSPS) is 19.6. The lowest BCUT2D eigenvalue weighted by Gasteiger charge is -2.38. The quantitative estimate of drug-likeness (QED) is 0.814. The first-order valence-corrected chi connectivity index (χ1v) is 7.68. The van der Waals surface area contributed by atoms with E-state index in [9.17, 15) is 4.79 Å². The Hall–Kier alpha value is -2.70. The number of aromatic amines is 1. The Bertz CT molecular complexity index is 769. The second-order valence-electron chi connectivity index (χ2n) is 5.59. The minimum atomic E-state index is -0.624. The van der Waals surface area contributed by atoms with E-state index in [2.05, 4.69) is 20.3 Å². The summed E-state index contributed by atoms with van der Waals surface area (Å²) in [6.45, 7) is 3.08. The van der Waals surface area contributed by atoms with Crippen molar-refractivity contribution in [2.45, 2.75) is 19.1 Å². The van der Waals surface area contributed by atoms with Gasteiger partial charge in [-0.3, -0.25) is 9.80 Å². The summed E-state index contributed by atoms with van der Waals surface area (Å²) < 4.78 is 5.55. The van der Waals surface area contributed by atoms with E-state index in [4.69, 9.17) is 10.00 Å². The van der Waals surface area contributed by atoms with Gasteiger partial charge >= 0.3 is 0 Å². The SMILES string of the molecule is CC(C#N)NC(=O)C1CN(N(C)c2ncnc3[nH]ccc23)CCO1. The third kappa shape index (κ3) is 3.15. The van der Waals surface area contributed by atoms with Crippen LogP contribution < -0.4 is 10.3 Å². The van der Waals surface area contributed by atoms with Gasteiger partial charge < -0.3 is 15.0 Å². The number of nitrogens with zero attached hydrogens (tertiary/aromatic N) is 5. The Labute approximate surface area is 139 Å². The summed E-state index contributed by atoms with van der Waals surface area (Å²) in [4.78, 5) is 23.8. The first kappa shape index (κ1) is 16.2. The molecule has 0 bridgehead atoms. The summed E-state index contributed by atoms with van der Waals surface area (Å²) in [5.74, 6) is 0.476. The average Bonchev–Trinajstić information content (AvgIpc) is 3.09. The number of nitrogens with one attached hydrogen (secondary N) is 2. The van der Waals surface area contributed by atoms with Gasteiger partial charge in [-0.25, -0.2) is 15.0 Å². The summed E-state index contributed by atoms with van der Waals surface area (Å²) in [5, 5.41) is 16.3. The Kier molecular flexibility index (Phi) is 4.59. The Morgan fingerprint density at radius 1 is 1.62 bits per heavy atom. The fourth-order valence-electron chi connectivity index (χ4n) is 2.66. The molecule has 1 amide bonds.